The van der Waals surface area contributed by atoms with Gasteiger partial charge in [0, 0.05) is 6.54 Å². The summed E-state index contributed by atoms with van der Waals surface area (Å²) in [5, 5.41) is 8.38. The van der Waals surface area contributed by atoms with Crippen molar-refractivity contribution in [3.05, 3.63) is 0 Å². The van der Waals surface area contributed by atoms with Crippen molar-refractivity contribution in [1.82, 2.24) is 0 Å². The lowest BCUT2D eigenvalue weighted by Crippen LogP contribution is -2.30. The topological polar surface area (TPSA) is 128 Å². The van der Waals surface area contributed by atoms with Gasteiger partial charge < -0.3 is 22.3 Å². The summed E-state index contributed by atoms with van der Waals surface area (Å²) in [5.74, 6) is -0.987. The molecule has 0 bridgehead atoms. The van der Waals surface area contributed by atoms with Gasteiger partial charge in [-0.05, 0) is 12.8 Å². The van der Waals surface area contributed by atoms with Gasteiger partial charge in [0.05, 0.1) is 0 Å². The van der Waals surface area contributed by atoms with Gasteiger partial charge >= 0.3 is 5.97 Å². The van der Waals surface area contributed by atoms with Crippen molar-refractivity contribution in [3.8, 4) is 0 Å². The zero-order chi connectivity index (χ0) is 9.56. The Morgan fingerprint density at radius 2 is 2.08 bits per heavy atom. The minimum absolute atomic E-state index is 0.0129. The lowest BCUT2D eigenvalue weighted by Gasteiger charge is -2.03. The highest BCUT2D eigenvalue weighted by Gasteiger charge is 2.09. The number of carbonyl (C=O) groups is 1. The molecule has 0 saturated heterocycles. The summed E-state index contributed by atoms with van der Waals surface area (Å²) in [7, 11) is 0. The van der Waals surface area contributed by atoms with E-state index >= 15 is 0 Å². The molecule has 0 saturated carbocycles. The molecule has 0 aliphatic heterocycles. The third kappa shape index (κ3) is 5.48. The summed E-state index contributed by atoms with van der Waals surface area (Å²) in [5.41, 5.74) is 15.3. The van der Waals surface area contributed by atoms with E-state index in [-0.39, 0.29) is 5.96 Å². The third-order valence-electron chi connectivity index (χ3n) is 1.28. The van der Waals surface area contributed by atoms with E-state index in [1.165, 1.54) is 0 Å². The van der Waals surface area contributed by atoms with Gasteiger partial charge in [0.25, 0.3) is 0 Å². The molecule has 0 unspecified atom stereocenters. The van der Waals surface area contributed by atoms with Crippen molar-refractivity contribution in [2.24, 2.45) is 22.2 Å². The summed E-state index contributed by atoms with van der Waals surface area (Å²) >= 11 is 0. The zero-order valence-electron chi connectivity index (χ0n) is 6.73. The van der Waals surface area contributed by atoms with Crippen molar-refractivity contribution in [1.29, 1.82) is 0 Å². The molecular weight excluding hydrogens is 161 g/mol. The predicted molar refractivity (Wildman–Crippen MR) is 45.5 cm³/mol. The molecule has 0 rings (SSSR count). The van der Waals surface area contributed by atoms with E-state index in [0.717, 1.165) is 0 Å². The first-order valence-corrected chi connectivity index (χ1v) is 3.58. The molecule has 0 spiro atoms. The number of rotatable bonds is 5. The quantitative estimate of drug-likeness (QED) is 0.174. The van der Waals surface area contributed by atoms with Crippen LogP contribution in [0.3, 0.4) is 0 Å². The maximum atomic E-state index is 10.2. The van der Waals surface area contributed by atoms with Crippen LogP contribution < -0.4 is 17.2 Å². The summed E-state index contributed by atoms with van der Waals surface area (Å²) in [6, 6.07) is -0.820. The minimum Gasteiger partial charge on any atom is -0.480 e. The van der Waals surface area contributed by atoms with Crippen molar-refractivity contribution in [3.63, 3.8) is 0 Å². The second-order valence-corrected chi connectivity index (χ2v) is 2.39. The molecule has 70 valence electrons. The monoisotopic (exact) mass is 175 g/mol. The van der Waals surface area contributed by atoms with Gasteiger partial charge in [0.1, 0.15) is 6.04 Å². The average molecular weight is 175 g/mol. The van der Waals surface area contributed by atoms with Crippen LogP contribution in [0.4, 0.5) is 0 Å². The van der Waals surface area contributed by atoms with E-state index in [1.54, 1.807) is 0 Å². The van der Waals surface area contributed by atoms with Crippen LogP contribution in [0, 0.1) is 0 Å². The number of nitrogens with two attached hydrogens (primary N) is 3. The molecule has 0 aromatic carbocycles. The van der Waals surface area contributed by atoms with E-state index in [4.69, 9.17) is 22.3 Å². The molecule has 7 N–H and O–H groups in total. The van der Waals surface area contributed by atoms with Crippen LogP contribution in [0.25, 0.3) is 0 Å². The Bertz CT molecular complexity index is 176. The lowest BCUT2D eigenvalue weighted by atomic mass is 10.3. The van der Waals surface area contributed by atoms with Crippen LogP contribution in [0.15, 0.2) is 4.99 Å². The van der Waals surface area contributed by atoms with Gasteiger partial charge in [0.15, 0.2) is 5.96 Å². The normalized spacial score (nSPS) is 12.1. The van der Waals surface area contributed by atoms with Gasteiger partial charge in [-0.2, -0.15) is 0 Å². The van der Waals surface area contributed by atoms with Crippen LogP contribution >= 0.6 is 0 Å². The molecule has 6 heteroatoms. The van der Waals surface area contributed by atoms with E-state index in [0.29, 0.717) is 19.4 Å². The zero-order valence-corrected chi connectivity index (χ0v) is 6.73. The standard InChI is InChI=1S/C6H14N4O2/c7-4(5(11)12)2-1-3-10-6(8)9/h4H,1-3,7H2,(H,11,12)(H4,8,9,10)/t4-/m0/s1/i4+1. The molecule has 0 amide bonds. The molecule has 1 atom stereocenters. The average Bonchev–Trinajstić information content (AvgIpc) is 1.97. The van der Waals surface area contributed by atoms with Crippen LogP contribution in [-0.4, -0.2) is 29.6 Å². The van der Waals surface area contributed by atoms with Crippen LogP contribution in [0.5, 0.6) is 0 Å². The van der Waals surface area contributed by atoms with Gasteiger partial charge in [-0.1, -0.05) is 0 Å². The van der Waals surface area contributed by atoms with E-state index in [2.05, 4.69) is 4.99 Å². The van der Waals surface area contributed by atoms with Crippen molar-refractivity contribution in [2.45, 2.75) is 18.9 Å². The maximum absolute atomic E-state index is 10.2. The Balaban J connectivity index is 3.44. The Hall–Kier alpha value is -1.30. The highest BCUT2D eigenvalue weighted by molar-refractivity contribution is 5.75. The number of carboxylic acids is 1. The van der Waals surface area contributed by atoms with Crippen molar-refractivity contribution < 1.29 is 9.90 Å². The highest BCUT2D eigenvalue weighted by Crippen LogP contribution is 1.94. The Morgan fingerprint density at radius 3 is 2.50 bits per heavy atom. The summed E-state index contributed by atoms with van der Waals surface area (Å²) in [6.45, 7) is 0.420. The van der Waals surface area contributed by atoms with Gasteiger partial charge in [-0.15, -0.1) is 0 Å². The molecule has 0 aromatic rings. The first-order chi connectivity index (χ1) is 5.54. The lowest BCUT2D eigenvalue weighted by molar-refractivity contribution is -0.138. The van der Waals surface area contributed by atoms with E-state index in [1.807, 2.05) is 0 Å². The van der Waals surface area contributed by atoms with Crippen LogP contribution in [0.1, 0.15) is 12.8 Å². The second kappa shape index (κ2) is 5.36. The predicted octanol–water partition coefficient (Wildman–Crippen LogP) is -1.55. The first-order valence-electron chi connectivity index (χ1n) is 3.58. The summed E-state index contributed by atoms with van der Waals surface area (Å²) in [6.07, 6.45) is 0.956. The first kappa shape index (κ1) is 10.7. The fourth-order valence-electron chi connectivity index (χ4n) is 0.643. The molecule has 0 aromatic heterocycles. The second-order valence-electron chi connectivity index (χ2n) is 2.39. The largest absolute Gasteiger partial charge is 0.480 e. The fourth-order valence-corrected chi connectivity index (χ4v) is 0.643. The van der Waals surface area contributed by atoms with E-state index < -0.39 is 12.0 Å². The van der Waals surface area contributed by atoms with Gasteiger partial charge in [0.2, 0.25) is 0 Å². The van der Waals surface area contributed by atoms with Crippen LogP contribution in [0.2, 0.25) is 0 Å². The van der Waals surface area contributed by atoms with Gasteiger partial charge in [-0.3, -0.25) is 9.79 Å². The number of aliphatic carboxylic acids is 1. The number of nitrogens with zero attached hydrogens (tertiary/aromatic N) is 1. The molecule has 0 aliphatic rings. The Labute approximate surface area is 70.4 Å². The van der Waals surface area contributed by atoms with Crippen molar-refractivity contribution in [2.75, 3.05) is 6.54 Å². The van der Waals surface area contributed by atoms with Crippen molar-refractivity contribution >= 4 is 11.9 Å². The minimum atomic E-state index is -1.00. The Kier molecular flexibility index (Phi) is 4.78. The molecule has 12 heavy (non-hydrogen) atoms. The van der Waals surface area contributed by atoms with Gasteiger partial charge in [-0.25, -0.2) is 0 Å². The third-order valence-corrected chi connectivity index (χ3v) is 1.28. The SMILES string of the molecule is NC(N)=NCCC[13C@H](N)C(=O)O. The molecule has 0 heterocycles. The molecule has 6 nitrogen and oxygen atoms in total. The fraction of sp³-hybridized carbons (Fsp3) is 0.667. The molecular formula is C6H14N4O2. The smallest absolute Gasteiger partial charge is 0.320 e. The Morgan fingerprint density at radius 1 is 1.50 bits per heavy atom. The molecule has 0 aliphatic carbocycles. The highest BCUT2D eigenvalue weighted by atomic mass is 16.4. The maximum Gasteiger partial charge on any atom is 0.320 e. The number of guanidine groups is 1. The molecule has 0 radical (unpaired) electrons. The number of aliphatic imine (C=N–C) groups is 1. The number of carboxylic acid groups (broad SMARTS) is 1. The summed E-state index contributed by atoms with van der Waals surface area (Å²) < 4.78 is 0. The summed E-state index contributed by atoms with van der Waals surface area (Å²) in [4.78, 5) is 13.9. The van der Waals surface area contributed by atoms with E-state index in [9.17, 15) is 4.79 Å². The van der Waals surface area contributed by atoms with Crippen LogP contribution in [-0.2, 0) is 4.79 Å². The molecule has 0 fully saturated rings. The number of hydrogen-bond donors (Lipinski definition) is 4. The number of hydrogen-bond acceptors (Lipinski definition) is 3.